The van der Waals surface area contributed by atoms with Crippen molar-refractivity contribution < 1.29 is 36.0 Å². The fourth-order valence-corrected chi connectivity index (χ4v) is 1.70. The standard InChI is InChI=1S/C11H12F2O6S/c1-7(11(12,13)20(15,16)17)19-10(14)8-3-5-9(18-2)6-4-8/h3-7H,1-2H3,(H,15,16,17). The zero-order valence-corrected chi connectivity index (χ0v) is 11.4. The van der Waals surface area contributed by atoms with Gasteiger partial charge in [0.1, 0.15) is 5.75 Å². The molecule has 0 saturated heterocycles. The molecule has 9 heteroatoms. The van der Waals surface area contributed by atoms with Gasteiger partial charge in [-0.05, 0) is 31.2 Å². The van der Waals surface area contributed by atoms with Crippen molar-refractivity contribution in [2.24, 2.45) is 0 Å². The molecule has 0 bridgehead atoms. The average molecular weight is 310 g/mol. The van der Waals surface area contributed by atoms with Gasteiger partial charge in [-0.2, -0.15) is 17.2 Å². The number of hydrogen-bond donors (Lipinski definition) is 1. The van der Waals surface area contributed by atoms with E-state index in [4.69, 9.17) is 9.29 Å². The Kier molecular flexibility index (Phi) is 4.66. The number of ether oxygens (including phenoxy) is 2. The first-order valence-corrected chi connectivity index (χ1v) is 6.73. The number of esters is 1. The highest BCUT2D eigenvalue weighted by Crippen LogP contribution is 2.27. The van der Waals surface area contributed by atoms with E-state index in [1.807, 2.05) is 0 Å². The van der Waals surface area contributed by atoms with E-state index in [1.54, 1.807) is 0 Å². The van der Waals surface area contributed by atoms with Gasteiger partial charge in [-0.1, -0.05) is 0 Å². The molecule has 0 saturated carbocycles. The van der Waals surface area contributed by atoms with E-state index in [0.717, 1.165) is 0 Å². The molecular weight excluding hydrogens is 298 g/mol. The summed E-state index contributed by atoms with van der Waals surface area (Å²) in [7, 11) is -4.27. The minimum atomic E-state index is -5.67. The third-order valence-electron chi connectivity index (χ3n) is 2.43. The Morgan fingerprint density at radius 1 is 1.30 bits per heavy atom. The second kappa shape index (κ2) is 5.71. The lowest BCUT2D eigenvalue weighted by Gasteiger charge is -2.20. The monoisotopic (exact) mass is 310 g/mol. The van der Waals surface area contributed by atoms with E-state index < -0.39 is 27.4 Å². The summed E-state index contributed by atoms with van der Waals surface area (Å²) >= 11 is 0. The molecule has 0 aliphatic carbocycles. The van der Waals surface area contributed by atoms with Crippen molar-refractivity contribution in [3.8, 4) is 5.75 Å². The van der Waals surface area contributed by atoms with Crippen molar-refractivity contribution in [3.05, 3.63) is 29.8 Å². The molecule has 6 nitrogen and oxygen atoms in total. The minimum Gasteiger partial charge on any atom is -0.497 e. The molecule has 1 N–H and O–H groups in total. The zero-order chi connectivity index (χ0) is 15.6. The number of rotatable bonds is 5. The van der Waals surface area contributed by atoms with Gasteiger partial charge in [-0.15, -0.1) is 0 Å². The molecule has 1 aromatic carbocycles. The summed E-state index contributed by atoms with van der Waals surface area (Å²) in [6.45, 7) is 0.662. The van der Waals surface area contributed by atoms with E-state index in [-0.39, 0.29) is 5.56 Å². The maximum absolute atomic E-state index is 13.2. The van der Waals surface area contributed by atoms with E-state index in [2.05, 4.69) is 4.74 Å². The van der Waals surface area contributed by atoms with Crippen LogP contribution in [0.2, 0.25) is 0 Å². The highest BCUT2D eigenvalue weighted by Gasteiger charge is 2.52. The number of halogens is 2. The molecule has 0 amide bonds. The zero-order valence-electron chi connectivity index (χ0n) is 10.5. The largest absolute Gasteiger partial charge is 0.497 e. The molecule has 0 aliphatic rings. The van der Waals surface area contributed by atoms with Gasteiger partial charge in [0.05, 0.1) is 12.7 Å². The predicted molar refractivity (Wildman–Crippen MR) is 64.4 cm³/mol. The number of carbonyl (C=O) groups is 1. The van der Waals surface area contributed by atoms with Gasteiger partial charge in [0.2, 0.25) is 0 Å². The summed E-state index contributed by atoms with van der Waals surface area (Å²) in [5.41, 5.74) is -0.0659. The van der Waals surface area contributed by atoms with Crippen LogP contribution < -0.4 is 4.74 Å². The average Bonchev–Trinajstić information content (AvgIpc) is 2.37. The maximum Gasteiger partial charge on any atom is 0.405 e. The smallest absolute Gasteiger partial charge is 0.405 e. The molecule has 20 heavy (non-hydrogen) atoms. The third kappa shape index (κ3) is 3.42. The first-order chi connectivity index (χ1) is 9.09. The minimum absolute atomic E-state index is 0.0659. The lowest BCUT2D eigenvalue weighted by atomic mass is 10.2. The van der Waals surface area contributed by atoms with Crippen LogP contribution in [0.5, 0.6) is 5.75 Å². The third-order valence-corrected chi connectivity index (χ3v) is 3.45. The number of alkyl halides is 2. The molecule has 0 aromatic heterocycles. The molecule has 1 unspecified atom stereocenters. The van der Waals surface area contributed by atoms with Crippen LogP contribution in [0.1, 0.15) is 17.3 Å². The van der Waals surface area contributed by atoms with E-state index in [9.17, 15) is 22.0 Å². The Morgan fingerprint density at radius 2 is 1.80 bits per heavy atom. The van der Waals surface area contributed by atoms with Gasteiger partial charge in [0.25, 0.3) is 0 Å². The molecule has 0 aliphatic heterocycles. The van der Waals surface area contributed by atoms with Crippen molar-refractivity contribution >= 4 is 16.1 Å². The lowest BCUT2D eigenvalue weighted by Crippen LogP contribution is -2.42. The fraction of sp³-hybridized carbons (Fsp3) is 0.364. The number of hydrogen-bond acceptors (Lipinski definition) is 5. The molecule has 0 spiro atoms. The number of carbonyl (C=O) groups excluding carboxylic acids is 1. The van der Waals surface area contributed by atoms with E-state index in [0.29, 0.717) is 12.7 Å². The summed E-state index contributed by atoms with van der Waals surface area (Å²) < 4.78 is 64.9. The summed E-state index contributed by atoms with van der Waals surface area (Å²) in [5.74, 6) is -0.707. The number of benzene rings is 1. The van der Waals surface area contributed by atoms with Crippen molar-refractivity contribution in [1.82, 2.24) is 0 Å². The Hall–Kier alpha value is -1.74. The molecule has 1 atom stereocenters. The van der Waals surface area contributed by atoms with E-state index >= 15 is 0 Å². The summed E-state index contributed by atoms with van der Waals surface area (Å²) in [5, 5.41) is -4.59. The highest BCUT2D eigenvalue weighted by molar-refractivity contribution is 7.86. The SMILES string of the molecule is COc1ccc(C(=O)OC(C)C(F)(F)S(=O)(=O)O)cc1. The molecule has 0 heterocycles. The van der Waals surface area contributed by atoms with Crippen LogP contribution in [0.4, 0.5) is 8.78 Å². The number of methoxy groups -OCH3 is 1. The molecule has 1 rings (SSSR count). The normalized spacial score (nSPS) is 13.7. The Bertz CT molecular complexity index is 581. The topological polar surface area (TPSA) is 89.9 Å². The van der Waals surface area contributed by atoms with Crippen LogP contribution in [0.25, 0.3) is 0 Å². The van der Waals surface area contributed by atoms with Crippen LogP contribution in [-0.2, 0) is 14.9 Å². The lowest BCUT2D eigenvalue weighted by molar-refractivity contribution is -0.0549. The Labute approximate surface area is 114 Å². The van der Waals surface area contributed by atoms with Gasteiger partial charge < -0.3 is 9.47 Å². The predicted octanol–water partition coefficient (Wildman–Crippen LogP) is 1.72. The summed E-state index contributed by atoms with van der Waals surface area (Å²) in [6.07, 6.45) is -2.34. The fourth-order valence-electron chi connectivity index (χ4n) is 1.23. The summed E-state index contributed by atoms with van der Waals surface area (Å²) in [4.78, 5) is 11.6. The van der Waals surface area contributed by atoms with Gasteiger partial charge in [-0.3, -0.25) is 4.55 Å². The molecular formula is C11H12F2O6S. The van der Waals surface area contributed by atoms with Crippen molar-refractivity contribution in [1.29, 1.82) is 0 Å². The second-order valence-corrected chi connectivity index (χ2v) is 5.31. The molecule has 1 aromatic rings. The van der Waals surface area contributed by atoms with Crippen LogP contribution in [0.3, 0.4) is 0 Å². The highest BCUT2D eigenvalue weighted by atomic mass is 32.2. The molecule has 0 fully saturated rings. The Morgan fingerprint density at radius 3 is 2.20 bits per heavy atom. The quantitative estimate of drug-likeness (QED) is 0.658. The van der Waals surface area contributed by atoms with E-state index in [1.165, 1.54) is 31.4 Å². The maximum atomic E-state index is 13.2. The van der Waals surface area contributed by atoms with Crippen LogP contribution in [-0.4, -0.2) is 37.4 Å². The first kappa shape index (κ1) is 16.3. The first-order valence-electron chi connectivity index (χ1n) is 5.29. The van der Waals surface area contributed by atoms with Gasteiger partial charge in [0.15, 0.2) is 6.10 Å². The van der Waals surface area contributed by atoms with Gasteiger partial charge in [-0.25, -0.2) is 4.79 Å². The summed E-state index contributed by atoms with van der Waals surface area (Å²) in [6, 6.07) is 5.34. The Balaban J connectivity index is 2.85. The van der Waals surface area contributed by atoms with Crippen molar-refractivity contribution in [2.75, 3.05) is 7.11 Å². The molecule has 112 valence electrons. The van der Waals surface area contributed by atoms with Gasteiger partial charge in [0, 0.05) is 0 Å². The van der Waals surface area contributed by atoms with Crippen molar-refractivity contribution in [3.63, 3.8) is 0 Å². The van der Waals surface area contributed by atoms with Crippen LogP contribution >= 0.6 is 0 Å². The van der Waals surface area contributed by atoms with Crippen LogP contribution in [0.15, 0.2) is 24.3 Å². The second-order valence-electron chi connectivity index (χ2n) is 3.81. The van der Waals surface area contributed by atoms with Crippen LogP contribution in [0, 0.1) is 0 Å². The van der Waals surface area contributed by atoms with Gasteiger partial charge >= 0.3 is 21.3 Å². The van der Waals surface area contributed by atoms with Crippen molar-refractivity contribution in [2.45, 2.75) is 18.3 Å². The molecule has 0 radical (unpaired) electrons.